The Morgan fingerprint density at radius 1 is 1.15 bits per heavy atom. The minimum atomic E-state index is -0.529. The van der Waals surface area contributed by atoms with Gasteiger partial charge in [0.1, 0.15) is 18.0 Å². The van der Waals surface area contributed by atoms with E-state index in [1.54, 1.807) is 12.0 Å². The molecule has 0 aliphatic carbocycles. The zero-order valence-corrected chi connectivity index (χ0v) is 15.3. The van der Waals surface area contributed by atoms with E-state index in [4.69, 9.17) is 14.2 Å². The number of carbonyl (C=O) groups excluding carboxylic acids is 1. The van der Waals surface area contributed by atoms with Gasteiger partial charge in [-0.3, -0.25) is 0 Å². The molecule has 1 unspecified atom stereocenters. The molecule has 26 heavy (non-hydrogen) atoms. The van der Waals surface area contributed by atoms with Gasteiger partial charge in [-0.05, 0) is 30.2 Å². The molecule has 5 heteroatoms. The van der Waals surface area contributed by atoms with Gasteiger partial charge < -0.3 is 19.1 Å². The van der Waals surface area contributed by atoms with Gasteiger partial charge in [0.15, 0.2) is 0 Å². The molecule has 1 aliphatic heterocycles. The van der Waals surface area contributed by atoms with Crippen LogP contribution < -0.4 is 4.74 Å². The minimum absolute atomic E-state index is 0.289. The van der Waals surface area contributed by atoms with Gasteiger partial charge in [-0.2, -0.15) is 0 Å². The summed E-state index contributed by atoms with van der Waals surface area (Å²) in [4.78, 5) is 13.7. The number of hydrogen-bond acceptors (Lipinski definition) is 4. The van der Waals surface area contributed by atoms with Crippen molar-refractivity contribution in [3.63, 3.8) is 0 Å². The molecule has 0 saturated carbocycles. The van der Waals surface area contributed by atoms with Crippen molar-refractivity contribution in [2.45, 2.75) is 25.6 Å². The summed E-state index contributed by atoms with van der Waals surface area (Å²) in [7, 11) is 1.69. The highest BCUT2D eigenvalue weighted by molar-refractivity contribution is 5.68. The number of likely N-dealkylation sites (tertiary alicyclic amines) is 1. The quantitative estimate of drug-likeness (QED) is 0.787. The summed E-state index contributed by atoms with van der Waals surface area (Å²) >= 11 is 0. The lowest BCUT2D eigenvalue weighted by Gasteiger charge is -2.28. The van der Waals surface area contributed by atoms with Crippen molar-refractivity contribution >= 4 is 6.09 Å². The zero-order valence-electron chi connectivity index (χ0n) is 15.3. The van der Waals surface area contributed by atoms with Gasteiger partial charge in [-0.1, -0.05) is 42.5 Å². The molecular weight excluding hydrogens is 330 g/mol. The molecule has 2 aromatic carbocycles. The first kappa shape index (κ1) is 18.3. The van der Waals surface area contributed by atoms with Crippen LogP contribution in [0, 0.1) is 0 Å². The van der Waals surface area contributed by atoms with Crippen LogP contribution in [0.5, 0.6) is 5.75 Å². The standard InChI is InChI=1S/C21H25NO4/c1-3-25-20(23)22-13-12-21(16-22,24-2)18-10-7-11-19(14-18)26-15-17-8-5-4-6-9-17/h4-11,14H,3,12-13,15-16H2,1-2H3. The smallest absolute Gasteiger partial charge is 0.409 e. The highest BCUT2D eigenvalue weighted by Gasteiger charge is 2.42. The zero-order chi connectivity index (χ0) is 18.4. The van der Waals surface area contributed by atoms with Gasteiger partial charge >= 0.3 is 6.09 Å². The highest BCUT2D eigenvalue weighted by Crippen LogP contribution is 2.37. The van der Waals surface area contributed by atoms with Crippen LogP contribution >= 0.6 is 0 Å². The van der Waals surface area contributed by atoms with Crippen LogP contribution in [0.3, 0.4) is 0 Å². The summed E-state index contributed by atoms with van der Waals surface area (Å²) in [5, 5.41) is 0. The maximum atomic E-state index is 12.0. The average molecular weight is 355 g/mol. The second kappa shape index (κ2) is 8.23. The Morgan fingerprint density at radius 2 is 1.96 bits per heavy atom. The van der Waals surface area contributed by atoms with Gasteiger partial charge in [0.05, 0.1) is 13.2 Å². The first-order chi connectivity index (χ1) is 12.7. The van der Waals surface area contributed by atoms with E-state index in [1.807, 2.05) is 61.5 Å². The van der Waals surface area contributed by atoms with Gasteiger partial charge in [0.2, 0.25) is 0 Å². The Hall–Kier alpha value is -2.53. The van der Waals surface area contributed by atoms with E-state index < -0.39 is 5.60 Å². The molecule has 1 atom stereocenters. The van der Waals surface area contributed by atoms with Crippen molar-refractivity contribution in [1.82, 2.24) is 4.90 Å². The van der Waals surface area contributed by atoms with E-state index in [2.05, 4.69) is 0 Å². The number of carbonyl (C=O) groups is 1. The van der Waals surface area contributed by atoms with E-state index >= 15 is 0 Å². The number of methoxy groups -OCH3 is 1. The number of hydrogen-bond donors (Lipinski definition) is 0. The Kier molecular flexibility index (Phi) is 5.78. The van der Waals surface area contributed by atoms with Crippen LogP contribution in [-0.4, -0.2) is 37.8 Å². The molecule has 5 nitrogen and oxygen atoms in total. The van der Waals surface area contributed by atoms with Crippen LogP contribution in [0.4, 0.5) is 4.79 Å². The monoisotopic (exact) mass is 355 g/mol. The van der Waals surface area contributed by atoms with E-state index in [0.29, 0.717) is 26.3 Å². The minimum Gasteiger partial charge on any atom is -0.489 e. The summed E-state index contributed by atoms with van der Waals surface area (Å²) in [5.41, 5.74) is 1.60. The molecule has 1 fully saturated rings. The number of nitrogens with zero attached hydrogens (tertiary/aromatic N) is 1. The molecule has 0 bridgehead atoms. The Bertz CT molecular complexity index is 734. The average Bonchev–Trinajstić information content (AvgIpc) is 3.14. The molecule has 0 aromatic heterocycles. The van der Waals surface area contributed by atoms with E-state index in [9.17, 15) is 4.79 Å². The fourth-order valence-electron chi connectivity index (χ4n) is 3.28. The number of ether oxygens (including phenoxy) is 3. The van der Waals surface area contributed by atoms with Crippen LogP contribution in [-0.2, 0) is 21.7 Å². The number of rotatable bonds is 6. The molecular formula is C21H25NO4. The van der Waals surface area contributed by atoms with Gasteiger partial charge in [0.25, 0.3) is 0 Å². The summed E-state index contributed by atoms with van der Waals surface area (Å²) in [6.07, 6.45) is 0.438. The third-order valence-electron chi connectivity index (χ3n) is 4.76. The second-order valence-electron chi connectivity index (χ2n) is 6.37. The van der Waals surface area contributed by atoms with Crippen LogP contribution in [0.15, 0.2) is 54.6 Å². The fraction of sp³-hybridized carbons (Fsp3) is 0.381. The maximum absolute atomic E-state index is 12.0. The summed E-state index contributed by atoms with van der Waals surface area (Å²) in [6.45, 7) is 3.79. The molecule has 1 amide bonds. The van der Waals surface area contributed by atoms with Gasteiger partial charge in [-0.25, -0.2) is 4.79 Å². The van der Waals surface area contributed by atoms with E-state index in [0.717, 1.165) is 23.3 Å². The molecule has 1 aliphatic rings. The summed E-state index contributed by atoms with van der Waals surface area (Å²) in [5.74, 6) is 0.789. The highest BCUT2D eigenvalue weighted by atomic mass is 16.6. The predicted molar refractivity (Wildman–Crippen MR) is 99.1 cm³/mol. The molecule has 0 spiro atoms. The first-order valence-electron chi connectivity index (χ1n) is 8.91. The molecule has 0 N–H and O–H groups in total. The Labute approximate surface area is 154 Å². The fourth-order valence-corrected chi connectivity index (χ4v) is 3.28. The third-order valence-corrected chi connectivity index (χ3v) is 4.76. The second-order valence-corrected chi connectivity index (χ2v) is 6.37. The van der Waals surface area contributed by atoms with E-state index in [1.165, 1.54) is 0 Å². The topological polar surface area (TPSA) is 48.0 Å². The van der Waals surface area contributed by atoms with Crippen LogP contribution in [0.25, 0.3) is 0 Å². The molecule has 2 aromatic rings. The molecule has 1 saturated heterocycles. The Balaban J connectivity index is 1.72. The van der Waals surface area contributed by atoms with Crippen LogP contribution in [0.2, 0.25) is 0 Å². The predicted octanol–water partition coefficient (Wildman–Crippen LogP) is 3.97. The van der Waals surface area contributed by atoms with Crippen molar-refractivity contribution in [2.75, 3.05) is 26.8 Å². The molecule has 138 valence electrons. The van der Waals surface area contributed by atoms with Crippen molar-refractivity contribution in [2.24, 2.45) is 0 Å². The first-order valence-corrected chi connectivity index (χ1v) is 8.91. The van der Waals surface area contributed by atoms with Crippen LogP contribution in [0.1, 0.15) is 24.5 Å². The largest absolute Gasteiger partial charge is 0.489 e. The van der Waals surface area contributed by atoms with Crippen molar-refractivity contribution in [3.05, 3.63) is 65.7 Å². The molecule has 1 heterocycles. The van der Waals surface area contributed by atoms with Gasteiger partial charge in [0, 0.05) is 20.1 Å². The summed E-state index contributed by atoms with van der Waals surface area (Å²) < 4.78 is 16.9. The van der Waals surface area contributed by atoms with E-state index in [-0.39, 0.29) is 6.09 Å². The molecule has 3 rings (SSSR count). The van der Waals surface area contributed by atoms with Crippen molar-refractivity contribution in [1.29, 1.82) is 0 Å². The lowest BCUT2D eigenvalue weighted by molar-refractivity contribution is -0.00623. The number of amides is 1. The summed E-state index contributed by atoms with van der Waals surface area (Å²) in [6, 6.07) is 18.0. The van der Waals surface area contributed by atoms with Gasteiger partial charge in [-0.15, -0.1) is 0 Å². The normalized spacial score (nSPS) is 19.4. The lowest BCUT2D eigenvalue weighted by atomic mass is 9.92. The van der Waals surface area contributed by atoms with Crippen molar-refractivity contribution < 1.29 is 19.0 Å². The van der Waals surface area contributed by atoms with Crippen molar-refractivity contribution in [3.8, 4) is 5.75 Å². The lowest BCUT2D eigenvalue weighted by Crippen LogP contribution is -2.36. The SMILES string of the molecule is CCOC(=O)N1CCC(OC)(c2cccc(OCc3ccccc3)c2)C1. The molecule has 0 radical (unpaired) electrons. The Morgan fingerprint density at radius 3 is 2.69 bits per heavy atom. The number of benzene rings is 2. The third kappa shape index (κ3) is 3.99. The maximum Gasteiger partial charge on any atom is 0.409 e.